The quantitative estimate of drug-likeness (QED) is 0.851. The van der Waals surface area contributed by atoms with E-state index in [0.717, 1.165) is 24.9 Å². The van der Waals surface area contributed by atoms with Gasteiger partial charge in [-0.25, -0.2) is 0 Å². The van der Waals surface area contributed by atoms with Gasteiger partial charge in [-0.15, -0.1) is 0 Å². The lowest BCUT2D eigenvalue weighted by molar-refractivity contribution is -0.120. The second-order valence-electron chi connectivity index (χ2n) is 6.03. The van der Waals surface area contributed by atoms with Gasteiger partial charge in [-0.1, -0.05) is 17.7 Å². The largest absolute Gasteiger partial charge is 0.355 e. The first-order valence-corrected chi connectivity index (χ1v) is 6.99. The second-order valence-corrected chi connectivity index (χ2v) is 6.03. The Bertz CT molecular complexity index is 467. The van der Waals surface area contributed by atoms with Crippen LogP contribution in [0.15, 0.2) is 12.1 Å². The zero-order chi connectivity index (χ0) is 14.0. The molecular formula is C16H24N2O. The third kappa shape index (κ3) is 3.35. The molecule has 3 N–H and O–H groups in total. The Morgan fingerprint density at radius 1 is 1.26 bits per heavy atom. The molecule has 1 aromatic carbocycles. The summed E-state index contributed by atoms with van der Waals surface area (Å²) in [5.41, 5.74) is 10.7. The van der Waals surface area contributed by atoms with E-state index >= 15 is 0 Å². The van der Waals surface area contributed by atoms with Gasteiger partial charge in [-0.2, -0.15) is 0 Å². The van der Waals surface area contributed by atoms with Crippen molar-refractivity contribution in [1.29, 1.82) is 0 Å². The summed E-state index contributed by atoms with van der Waals surface area (Å²) in [7, 11) is 0. The molecule has 1 amide bonds. The molecule has 19 heavy (non-hydrogen) atoms. The lowest BCUT2D eigenvalue weighted by Gasteiger charge is -2.15. The van der Waals surface area contributed by atoms with Crippen LogP contribution in [0, 0.1) is 26.2 Å². The predicted octanol–water partition coefficient (Wildman–Crippen LogP) is 2.01. The Morgan fingerprint density at radius 3 is 2.32 bits per heavy atom. The highest BCUT2D eigenvalue weighted by Gasteiger charge is 2.41. The number of carbonyl (C=O) groups is 1. The minimum absolute atomic E-state index is 0.106. The number of nitrogens with two attached hydrogens (primary N) is 1. The lowest BCUT2D eigenvalue weighted by atomic mass is 9.97. The van der Waals surface area contributed by atoms with Crippen LogP contribution >= 0.6 is 0 Å². The van der Waals surface area contributed by atoms with Gasteiger partial charge in [0.25, 0.3) is 0 Å². The number of hydrogen-bond acceptors (Lipinski definition) is 2. The minimum Gasteiger partial charge on any atom is -0.355 e. The Morgan fingerprint density at radius 2 is 1.84 bits per heavy atom. The van der Waals surface area contributed by atoms with Crippen molar-refractivity contribution in [3.05, 3.63) is 34.4 Å². The van der Waals surface area contributed by atoms with Gasteiger partial charge < -0.3 is 11.1 Å². The lowest BCUT2D eigenvalue weighted by Crippen LogP contribution is -2.34. The molecule has 0 atom stereocenters. The summed E-state index contributed by atoms with van der Waals surface area (Å²) in [4.78, 5) is 12.0. The van der Waals surface area contributed by atoms with E-state index in [1.807, 2.05) is 0 Å². The van der Waals surface area contributed by atoms with E-state index < -0.39 is 0 Å². The summed E-state index contributed by atoms with van der Waals surface area (Å²) in [6, 6.07) is 4.27. The number of aryl methyl sites for hydroxylation is 3. The zero-order valence-corrected chi connectivity index (χ0v) is 12.2. The standard InChI is InChI=1S/C16H24N2O/c1-11-6-12(2)14(13(3)7-11)8-15(19)18-10-16(9-17)4-5-16/h6-7H,4-5,8-10,17H2,1-3H3,(H,18,19). The summed E-state index contributed by atoms with van der Waals surface area (Å²) < 4.78 is 0. The summed E-state index contributed by atoms with van der Waals surface area (Å²) in [5.74, 6) is 0.106. The van der Waals surface area contributed by atoms with Crippen molar-refractivity contribution in [2.75, 3.05) is 13.1 Å². The van der Waals surface area contributed by atoms with E-state index in [1.54, 1.807) is 0 Å². The van der Waals surface area contributed by atoms with Crippen LogP contribution in [0.4, 0.5) is 0 Å². The van der Waals surface area contributed by atoms with Crippen LogP contribution in [-0.4, -0.2) is 19.0 Å². The first-order valence-electron chi connectivity index (χ1n) is 6.99. The fourth-order valence-corrected chi connectivity index (χ4v) is 2.63. The molecule has 1 saturated carbocycles. The van der Waals surface area contributed by atoms with Crippen LogP contribution in [0.2, 0.25) is 0 Å². The van der Waals surface area contributed by atoms with E-state index in [4.69, 9.17) is 5.73 Å². The first-order chi connectivity index (χ1) is 8.96. The average molecular weight is 260 g/mol. The number of rotatable bonds is 5. The van der Waals surface area contributed by atoms with Crippen molar-refractivity contribution >= 4 is 5.91 Å². The molecule has 2 rings (SSSR count). The molecule has 0 unspecified atom stereocenters. The SMILES string of the molecule is Cc1cc(C)c(CC(=O)NCC2(CN)CC2)c(C)c1. The van der Waals surface area contributed by atoms with Gasteiger partial charge >= 0.3 is 0 Å². The highest BCUT2D eigenvalue weighted by atomic mass is 16.1. The zero-order valence-electron chi connectivity index (χ0n) is 12.2. The van der Waals surface area contributed by atoms with Gasteiger partial charge in [0.05, 0.1) is 6.42 Å². The molecule has 0 aromatic heterocycles. The molecule has 1 fully saturated rings. The number of hydrogen-bond donors (Lipinski definition) is 2. The van der Waals surface area contributed by atoms with Crippen molar-refractivity contribution < 1.29 is 4.79 Å². The molecule has 3 nitrogen and oxygen atoms in total. The Balaban J connectivity index is 1.95. The summed E-state index contributed by atoms with van der Waals surface area (Å²) >= 11 is 0. The van der Waals surface area contributed by atoms with Crippen LogP contribution in [0.5, 0.6) is 0 Å². The molecular weight excluding hydrogens is 236 g/mol. The number of benzene rings is 1. The first kappa shape index (κ1) is 14.1. The Hall–Kier alpha value is -1.35. The van der Waals surface area contributed by atoms with E-state index in [-0.39, 0.29) is 11.3 Å². The van der Waals surface area contributed by atoms with E-state index in [9.17, 15) is 4.79 Å². The number of amides is 1. The molecule has 0 radical (unpaired) electrons. The third-order valence-corrected chi connectivity index (χ3v) is 4.23. The highest BCUT2D eigenvalue weighted by Crippen LogP contribution is 2.43. The molecule has 0 bridgehead atoms. The normalized spacial score (nSPS) is 16.2. The fourth-order valence-electron chi connectivity index (χ4n) is 2.63. The van der Waals surface area contributed by atoms with E-state index in [2.05, 4.69) is 38.2 Å². The van der Waals surface area contributed by atoms with Crippen molar-refractivity contribution in [2.45, 2.75) is 40.0 Å². The van der Waals surface area contributed by atoms with Gasteiger partial charge in [-0.05, 0) is 62.3 Å². The van der Waals surface area contributed by atoms with Gasteiger partial charge in [0.15, 0.2) is 0 Å². The highest BCUT2D eigenvalue weighted by molar-refractivity contribution is 5.79. The summed E-state index contributed by atoms with van der Waals surface area (Å²) in [6.07, 6.45) is 2.76. The maximum Gasteiger partial charge on any atom is 0.224 e. The summed E-state index contributed by atoms with van der Waals surface area (Å²) in [5, 5.41) is 3.03. The van der Waals surface area contributed by atoms with Gasteiger partial charge in [-0.3, -0.25) is 4.79 Å². The van der Waals surface area contributed by atoms with Gasteiger partial charge in [0.1, 0.15) is 0 Å². The van der Waals surface area contributed by atoms with Crippen molar-refractivity contribution in [3.8, 4) is 0 Å². The number of nitrogens with one attached hydrogen (secondary N) is 1. The molecule has 1 aromatic rings. The number of carbonyl (C=O) groups excluding carboxylic acids is 1. The Labute approximate surface area is 115 Å². The van der Waals surface area contributed by atoms with Crippen LogP contribution in [-0.2, 0) is 11.2 Å². The topological polar surface area (TPSA) is 55.1 Å². The monoisotopic (exact) mass is 260 g/mol. The van der Waals surface area contributed by atoms with Crippen LogP contribution in [0.25, 0.3) is 0 Å². The smallest absolute Gasteiger partial charge is 0.224 e. The molecule has 1 aliphatic carbocycles. The minimum atomic E-state index is 0.106. The van der Waals surface area contributed by atoms with Crippen LogP contribution < -0.4 is 11.1 Å². The molecule has 104 valence electrons. The molecule has 1 aliphatic rings. The molecule has 0 heterocycles. The third-order valence-electron chi connectivity index (χ3n) is 4.23. The van der Waals surface area contributed by atoms with Crippen LogP contribution in [0.1, 0.15) is 35.1 Å². The van der Waals surface area contributed by atoms with E-state index in [1.165, 1.54) is 16.7 Å². The summed E-state index contributed by atoms with van der Waals surface area (Å²) in [6.45, 7) is 7.64. The average Bonchev–Trinajstić information content (AvgIpc) is 3.12. The second kappa shape index (κ2) is 5.33. The van der Waals surface area contributed by atoms with E-state index in [0.29, 0.717) is 13.0 Å². The van der Waals surface area contributed by atoms with Gasteiger partial charge in [0, 0.05) is 6.54 Å². The Kier molecular flexibility index (Phi) is 3.95. The maximum absolute atomic E-state index is 12.0. The molecule has 0 aliphatic heterocycles. The van der Waals surface area contributed by atoms with Gasteiger partial charge in [0.2, 0.25) is 5.91 Å². The molecule has 0 saturated heterocycles. The fraction of sp³-hybridized carbons (Fsp3) is 0.562. The van der Waals surface area contributed by atoms with Crippen molar-refractivity contribution in [1.82, 2.24) is 5.32 Å². The molecule has 3 heteroatoms. The predicted molar refractivity (Wildman–Crippen MR) is 78.1 cm³/mol. The van der Waals surface area contributed by atoms with Crippen molar-refractivity contribution in [3.63, 3.8) is 0 Å². The van der Waals surface area contributed by atoms with Crippen LogP contribution in [0.3, 0.4) is 0 Å². The maximum atomic E-state index is 12.0. The molecule has 0 spiro atoms. The van der Waals surface area contributed by atoms with Crippen molar-refractivity contribution in [2.24, 2.45) is 11.1 Å².